The summed E-state index contributed by atoms with van der Waals surface area (Å²) in [6.07, 6.45) is 0. The summed E-state index contributed by atoms with van der Waals surface area (Å²) in [5.74, 6) is 0. The van der Waals surface area contributed by atoms with E-state index in [1.807, 2.05) is 30.3 Å². The zero-order valence-corrected chi connectivity index (χ0v) is 18.5. The van der Waals surface area contributed by atoms with Crippen molar-refractivity contribution < 1.29 is 0 Å². The van der Waals surface area contributed by atoms with Gasteiger partial charge in [0.25, 0.3) is 0 Å². The lowest BCUT2D eigenvalue weighted by Crippen LogP contribution is -1.93. The summed E-state index contributed by atoms with van der Waals surface area (Å²) in [6, 6.07) is 29.8. The number of fused-ring (bicyclic) bond motifs is 4. The second-order valence-electron chi connectivity index (χ2n) is 7.99. The van der Waals surface area contributed by atoms with E-state index >= 15 is 0 Å². The van der Waals surface area contributed by atoms with E-state index in [-0.39, 0.29) is 11.1 Å². The highest BCUT2D eigenvalue weighted by atomic mass is 14.4. The van der Waals surface area contributed by atoms with Gasteiger partial charge in [-0.25, -0.2) is 0 Å². The molecule has 2 aliphatic rings. The smallest absolute Gasteiger partial charge is 0.138 e. The summed E-state index contributed by atoms with van der Waals surface area (Å²) < 4.78 is 0. The summed E-state index contributed by atoms with van der Waals surface area (Å²) in [7, 11) is 0. The van der Waals surface area contributed by atoms with Gasteiger partial charge in [-0.1, -0.05) is 42.5 Å². The molecule has 0 amide bonds. The van der Waals surface area contributed by atoms with Crippen LogP contribution in [0.15, 0.2) is 71.8 Å². The molecule has 0 spiro atoms. The van der Waals surface area contributed by atoms with Crippen LogP contribution in [0.3, 0.4) is 0 Å². The molecule has 36 heavy (non-hydrogen) atoms. The summed E-state index contributed by atoms with van der Waals surface area (Å²) in [4.78, 5) is 0. The van der Waals surface area contributed by atoms with Gasteiger partial charge in [-0.15, -0.1) is 0 Å². The molecule has 0 aliphatic heterocycles. The van der Waals surface area contributed by atoms with Crippen molar-refractivity contribution in [3.05, 3.63) is 105 Å². The molecule has 0 radical (unpaired) electrons. The Morgan fingerprint density at radius 3 is 1.69 bits per heavy atom. The number of nitrogens with zero attached hydrogens (tertiary/aromatic N) is 6. The molecular weight excluding hydrogens is 444 g/mol. The second kappa shape index (κ2) is 8.31. The Morgan fingerprint density at radius 1 is 0.500 bits per heavy atom. The minimum absolute atomic E-state index is 0.100. The van der Waals surface area contributed by atoms with Gasteiger partial charge in [-0.2, -0.15) is 31.6 Å². The van der Waals surface area contributed by atoms with Crippen LogP contribution in [0.25, 0.3) is 33.4 Å². The highest BCUT2D eigenvalue weighted by Crippen LogP contribution is 2.51. The van der Waals surface area contributed by atoms with Crippen LogP contribution in [0.2, 0.25) is 0 Å². The first kappa shape index (κ1) is 21.7. The molecule has 3 aromatic carbocycles. The number of hydrogen-bond donors (Lipinski definition) is 0. The highest BCUT2D eigenvalue weighted by molar-refractivity contribution is 6.26. The topological polar surface area (TPSA) is 143 Å². The van der Waals surface area contributed by atoms with E-state index in [2.05, 4.69) is 12.1 Å². The summed E-state index contributed by atoms with van der Waals surface area (Å²) in [5.41, 5.74) is 6.32. The van der Waals surface area contributed by atoms with Crippen LogP contribution in [0.4, 0.5) is 0 Å². The molecule has 0 heterocycles. The largest absolute Gasteiger partial charge is 0.192 e. The van der Waals surface area contributed by atoms with Crippen molar-refractivity contribution in [2.24, 2.45) is 0 Å². The predicted molar refractivity (Wildman–Crippen MR) is 131 cm³/mol. The van der Waals surface area contributed by atoms with E-state index in [1.165, 1.54) is 0 Å². The van der Waals surface area contributed by atoms with Crippen molar-refractivity contribution in [3.63, 3.8) is 0 Å². The second-order valence-corrected chi connectivity index (χ2v) is 7.99. The van der Waals surface area contributed by atoms with Crippen LogP contribution in [0.5, 0.6) is 0 Å². The average Bonchev–Trinajstić information content (AvgIpc) is 3.42. The number of allylic oxidation sites excluding steroid dienone is 5. The molecule has 0 N–H and O–H groups in total. The van der Waals surface area contributed by atoms with Gasteiger partial charge in [0.1, 0.15) is 41.5 Å². The molecule has 0 fully saturated rings. The third-order valence-corrected chi connectivity index (χ3v) is 6.31. The molecule has 0 bridgehead atoms. The van der Waals surface area contributed by atoms with Crippen molar-refractivity contribution in [1.29, 1.82) is 31.6 Å². The Labute approximate surface area is 206 Å². The maximum atomic E-state index is 10.1. The number of benzene rings is 3. The van der Waals surface area contributed by atoms with Crippen molar-refractivity contribution in [3.8, 4) is 47.5 Å². The fourth-order valence-corrected chi connectivity index (χ4v) is 4.86. The van der Waals surface area contributed by atoms with E-state index in [0.29, 0.717) is 55.7 Å². The Hall–Kier alpha value is -6.18. The molecule has 6 nitrogen and oxygen atoms in total. The first-order valence-corrected chi connectivity index (χ1v) is 10.6. The van der Waals surface area contributed by atoms with Gasteiger partial charge in [0.05, 0.1) is 17.2 Å². The van der Waals surface area contributed by atoms with E-state index in [9.17, 15) is 31.6 Å². The molecule has 6 heteroatoms. The molecule has 3 aromatic rings. The van der Waals surface area contributed by atoms with Gasteiger partial charge in [-0.3, -0.25) is 0 Å². The molecule has 2 aliphatic carbocycles. The van der Waals surface area contributed by atoms with Crippen LogP contribution in [-0.2, 0) is 0 Å². The van der Waals surface area contributed by atoms with Gasteiger partial charge in [0.2, 0.25) is 0 Å². The highest BCUT2D eigenvalue weighted by Gasteiger charge is 2.33. The van der Waals surface area contributed by atoms with Gasteiger partial charge < -0.3 is 0 Å². The monoisotopic (exact) mass is 454 g/mol. The Bertz CT molecular complexity index is 1860. The average molecular weight is 454 g/mol. The number of nitriles is 6. The van der Waals surface area contributed by atoms with Crippen molar-refractivity contribution in [2.45, 2.75) is 0 Å². The van der Waals surface area contributed by atoms with Crippen LogP contribution in [0.1, 0.15) is 33.4 Å². The molecule has 0 unspecified atom stereocenters. The van der Waals surface area contributed by atoms with Crippen molar-refractivity contribution in [2.75, 3.05) is 0 Å². The molecule has 0 saturated heterocycles. The molecular formula is C30H10N6. The minimum Gasteiger partial charge on any atom is -0.192 e. The van der Waals surface area contributed by atoms with Gasteiger partial charge >= 0.3 is 0 Å². The first-order chi connectivity index (χ1) is 17.6. The Morgan fingerprint density at radius 2 is 1.08 bits per heavy atom. The quantitative estimate of drug-likeness (QED) is 0.341. The summed E-state index contributed by atoms with van der Waals surface area (Å²) in [6.45, 7) is 0. The van der Waals surface area contributed by atoms with E-state index in [1.54, 1.807) is 54.6 Å². The zero-order valence-electron chi connectivity index (χ0n) is 18.5. The summed E-state index contributed by atoms with van der Waals surface area (Å²) in [5, 5.41) is 58.2. The van der Waals surface area contributed by atoms with Crippen molar-refractivity contribution >= 4 is 22.3 Å². The molecule has 0 aromatic heterocycles. The van der Waals surface area contributed by atoms with E-state index in [4.69, 9.17) is 0 Å². The normalized spacial score (nSPS) is 12.1. The third kappa shape index (κ3) is 2.92. The van der Waals surface area contributed by atoms with Crippen LogP contribution < -0.4 is 0 Å². The lowest BCUT2D eigenvalue weighted by Gasteiger charge is -2.11. The van der Waals surface area contributed by atoms with Gasteiger partial charge in [0, 0.05) is 22.3 Å². The summed E-state index contributed by atoms with van der Waals surface area (Å²) >= 11 is 0. The molecule has 5 rings (SSSR count). The molecule has 160 valence electrons. The Balaban J connectivity index is 1.86. The van der Waals surface area contributed by atoms with E-state index in [0.717, 1.165) is 11.1 Å². The third-order valence-electron chi connectivity index (χ3n) is 6.31. The maximum Gasteiger partial charge on any atom is 0.138 e. The van der Waals surface area contributed by atoms with Gasteiger partial charge in [0.15, 0.2) is 0 Å². The SMILES string of the molecule is N#CC(C#N)=C1C(c2ccc3c(c2)C(=C(C#N)C#N)c2cc(C#N)ccc2-3)=C(C#N)c2ccccc21. The van der Waals surface area contributed by atoms with Gasteiger partial charge in [-0.05, 0) is 51.6 Å². The predicted octanol–water partition coefficient (Wildman–Crippen LogP) is 5.64. The fourth-order valence-electron chi connectivity index (χ4n) is 4.86. The lowest BCUT2D eigenvalue weighted by molar-refractivity contribution is 1.45. The van der Waals surface area contributed by atoms with E-state index < -0.39 is 0 Å². The zero-order chi connectivity index (χ0) is 25.4. The number of rotatable bonds is 1. The number of hydrogen-bond acceptors (Lipinski definition) is 6. The fraction of sp³-hybridized carbons (Fsp3) is 0. The minimum atomic E-state index is -0.115. The standard InChI is InChI=1S/C30H10N6/c31-11-17-5-7-22-23-8-6-18(10-26(23)28(25(22)9-17)19(12-32)13-33)29-27(16-36)21-3-1-2-4-24(21)30(29)20(14-34)15-35/h1-10H. The first-order valence-electron chi connectivity index (χ1n) is 10.6. The Kier molecular flexibility index (Phi) is 5.00. The molecule has 0 atom stereocenters. The van der Waals surface area contributed by atoms with Crippen LogP contribution >= 0.6 is 0 Å². The molecule has 0 saturated carbocycles. The lowest BCUT2D eigenvalue weighted by atomic mass is 9.90. The van der Waals surface area contributed by atoms with Crippen LogP contribution in [0, 0.1) is 68.0 Å². The van der Waals surface area contributed by atoms with Crippen molar-refractivity contribution in [1.82, 2.24) is 0 Å². The van der Waals surface area contributed by atoms with Crippen LogP contribution in [-0.4, -0.2) is 0 Å². The maximum absolute atomic E-state index is 10.1.